The average molecular weight is 1790 g/mol. The van der Waals surface area contributed by atoms with Gasteiger partial charge in [-0.2, -0.15) is 9.97 Å². The van der Waals surface area contributed by atoms with Gasteiger partial charge < -0.3 is 29.2 Å². The molecule has 12 aromatic rings. The lowest BCUT2D eigenvalue weighted by molar-refractivity contribution is 0.0821. The van der Waals surface area contributed by atoms with E-state index in [1.54, 1.807) is 102 Å². The number of carbonyl (C=O) groups excluding carboxylic acids is 2. The smallest absolute Gasteiger partial charge is 0.280 e. The minimum absolute atomic E-state index is 0.0134. The molecule has 574 valence electrons. The molecule has 0 atom stereocenters. The lowest BCUT2D eigenvalue weighted by atomic mass is 10.1. The van der Waals surface area contributed by atoms with Crippen LogP contribution in [0.4, 0.5) is 35.1 Å². The van der Waals surface area contributed by atoms with E-state index in [1.807, 2.05) is 22.6 Å². The molecule has 0 saturated heterocycles. The topological polar surface area (TPSA) is 252 Å². The average Bonchev–Trinajstić information content (AvgIpc) is 0.759. The van der Waals surface area contributed by atoms with Gasteiger partial charge in [-0.1, -0.05) is 60.1 Å². The quantitative estimate of drug-likeness (QED) is 0.0518. The van der Waals surface area contributed by atoms with Crippen molar-refractivity contribution in [1.82, 2.24) is 58.4 Å². The Bertz CT molecular complexity index is 5480. The van der Waals surface area contributed by atoms with Crippen LogP contribution in [0.1, 0.15) is 77.1 Å². The highest BCUT2D eigenvalue weighted by molar-refractivity contribution is 14.1. The molecule has 0 aliphatic heterocycles. The molecular formula is C77H62Br2ClF8IN12O10. The Balaban J connectivity index is 0.000000171. The molecular weight excluding hydrogens is 1730 g/mol. The summed E-state index contributed by atoms with van der Waals surface area (Å²) < 4.78 is 134. The maximum absolute atomic E-state index is 13.8. The zero-order valence-electron chi connectivity index (χ0n) is 59.2. The summed E-state index contributed by atoms with van der Waals surface area (Å²) in [5.41, 5.74) is 3.70. The first-order chi connectivity index (χ1) is 52.9. The summed E-state index contributed by atoms with van der Waals surface area (Å²) in [5, 5.41) is 2.26. The van der Waals surface area contributed by atoms with Crippen LogP contribution in [0, 0.1) is 70.9 Å². The normalized spacial score (nSPS) is 10.7. The number of nitrogens with zero attached hydrogens (tertiary/aromatic N) is 11. The molecule has 0 unspecified atom stereocenters. The van der Waals surface area contributed by atoms with Gasteiger partial charge in [-0.3, -0.25) is 52.0 Å². The SMILES string of the molecule is CNC(=O)c1ccc(-n2c(C)nc(OCc3ccc(F)cc3F)c(Cl)c2=O)c(C)c1.Cc1nc(OCc2ccc(F)cc2F)c(Br)c(=O)n1Cc1cnc(C(=O)N(C)C)cn1.O=c1c(Br)c(OCc2ccc(F)cc2)ncn1Cc1cccc(F)c1.O=c1c(I)c(OCc2ccc(F)cc2)ncn1Cc1cccc(F)c1. The third-order valence-corrected chi connectivity index (χ3v) is 18.3. The van der Waals surface area contributed by atoms with Gasteiger partial charge in [0.25, 0.3) is 34.1 Å². The maximum atomic E-state index is 13.8. The van der Waals surface area contributed by atoms with Crippen LogP contribution >= 0.6 is 66.1 Å². The third kappa shape index (κ3) is 22.7. The van der Waals surface area contributed by atoms with Crippen LogP contribution in [0.25, 0.3) is 5.69 Å². The molecule has 0 fully saturated rings. The Morgan fingerprint density at radius 3 is 1.50 bits per heavy atom. The Morgan fingerprint density at radius 2 is 0.991 bits per heavy atom. The number of amides is 2. The van der Waals surface area contributed by atoms with E-state index in [4.69, 9.17) is 30.5 Å². The largest absolute Gasteiger partial charge is 0.472 e. The molecule has 0 spiro atoms. The van der Waals surface area contributed by atoms with Gasteiger partial charge in [0.05, 0.1) is 43.4 Å². The molecule has 0 aliphatic rings. The van der Waals surface area contributed by atoms with Gasteiger partial charge in [0.15, 0.2) is 5.02 Å². The first-order valence-corrected chi connectivity index (χ1v) is 35.8. The van der Waals surface area contributed by atoms with Crippen LogP contribution in [0.3, 0.4) is 0 Å². The number of carbonyl (C=O) groups is 2. The van der Waals surface area contributed by atoms with Crippen LogP contribution in [0.15, 0.2) is 205 Å². The van der Waals surface area contributed by atoms with E-state index < -0.39 is 34.4 Å². The molecule has 34 heteroatoms. The number of benzene rings is 7. The van der Waals surface area contributed by atoms with Crippen molar-refractivity contribution in [3.05, 3.63) is 350 Å². The highest BCUT2D eigenvalue weighted by atomic mass is 127. The van der Waals surface area contributed by atoms with Crippen molar-refractivity contribution in [2.75, 3.05) is 21.1 Å². The number of halogens is 12. The van der Waals surface area contributed by atoms with Crippen molar-refractivity contribution in [3.8, 4) is 29.2 Å². The standard InChI is InChI=1S/C21H18ClF2N3O3.C20H18BrF2N5O3.C18H13BrF2N2O2.C18H13F2IN2O2/c1-11-8-13(19(28)25-3)5-7-17(11)27-12(2)26-20(18(22)21(27)29)30-10-14-4-6-15(23)9-16(14)24;1-11-26-18(31-10-12-4-5-13(22)6-15(12)23)17(21)20(30)28(11)9-14-7-25-16(8-24-14)19(29)27(2)3;19-16-17(25-10-12-4-6-14(20)7-5-12)22-11-23(18(16)24)9-13-2-1-3-15(21)8-13;19-14-6-4-12(5-7-14)10-25-17-16(21)18(24)23(11-22-17)9-13-2-1-3-15(20)8-13/h4-9H,10H2,1-3H3,(H,25,28);4-8H,9-10H2,1-3H3;2*1-8,11H,9-10H2. The molecule has 111 heavy (non-hydrogen) atoms. The molecule has 12 rings (SSSR count). The summed E-state index contributed by atoms with van der Waals surface area (Å²) in [6.07, 6.45) is 5.47. The van der Waals surface area contributed by atoms with E-state index in [9.17, 15) is 63.9 Å². The van der Waals surface area contributed by atoms with E-state index in [1.165, 1.54) is 116 Å². The summed E-state index contributed by atoms with van der Waals surface area (Å²) in [5.74, 6) is -4.02. The molecule has 5 heterocycles. The zero-order chi connectivity index (χ0) is 80.3. The molecule has 0 bridgehead atoms. The van der Waals surface area contributed by atoms with Crippen molar-refractivity contribution in [2.45, 2.75) is 66.8 Å². The minimum Gasteiger partial charge on any atom is -0.472 e. The summed E-state index contributed by atoms with van der Waals surface area (Å²) in [6.45, 7) is 5.27. The van der Waals surface area contributed by atoms with Crippen molar-refractivity contribution in [1.29, 1.82) is 0 Å². The van der Waals surface area contributed by atoms with Gasteiger partial charge in [-0.25, -0.2) is 50.1 Å². The highest BCUT2D eigenvalue weighted by Gasteiger charge is 2.22. The van der Waals surface area contributed by atoms with Crippen LogP contribution in [0.2, 0.25) is 5.02 Å². The second kappa shape index (κ2) is 38.9. The van der Waals surface area contributed by atoms with Gasteiger partial charge in [0.1, 0.15) is 115 Å². The van der Waals surface area contributed by atoms with Crippen molar-refractivity contribution in [2.24, 2.45) is 0 Å². The molecule has 7 aromatic carbocycles. The number of aryl methyl sites for hydroxylation is 3. The van der Waals surface area contributed by atoms with Gasteiger partial charge in [-0.15, -0.1) is 0 Å². The fraction of sp³-hybridized carbons (Fsp3) is 0.169. The second-order valence-corrected chi connectivity index (χ2v) is 27.0. The molecule has 5 aromatic heterocycles. The maximum Gasteiger partial charge on any atom is 0.280 e. The summed E-state index contributed by atoms with van der Waals surface area (Å²) in [6, 6.07) is 34.9. The van der Waals surface area contributed by atoms with Gasteiger partial charge in [-0.05, 0) is 194 Å². The van der Waals surface area contributed by atoms with E-state index in [0.29, 0.717) is 43.0 Å². The monoisotopic (exact) mass is 1790 g/mol. The van der Waals surface area contributed by atoms with Crippen molar-refractivity contribution in [3.63, 3.8) is 0 Å². The van der Waals surface area contributed by atoms with Crippen molar-refractivity contribution >= 4 is 77.9 Å². The molecule has 1 N–H and O–H groups in total. The Hall–Kier alpha value is -11.3. The Morgan fingerprint density at radius 1 is 0.505 bits per heavy atom. The number of hydrogen-bond donors (Lipinski definition) is 1. The fourth-order valence-electron chi connectivity index (χ4n) is 10.0. The third-order valence-electron chi connectivity index (χ3n) is 15.7. The minimum atomic E-state index is -0.775. The first kappa shape index (κ1) is 83.7. The van der Waals surface area contributed by atoms with Crippen LogP contribution in [-0.2, 0) is 46.1 Å². The molecule has 0 radical (unpaired) electrons. The zero-order valence-corrected chi connectivity index (χ0v) is 65.3. The summed E-state index contributed by atoms with van der Waals surface area (Å²) in [7, 11) is 4.75. The van der Waals surface area contributed by atoms with Gasteiger partial charge in [0.2, 0.25) is 23.5 Å². The first-order valence-electron chi connectivity index (χ1n) is 32.7. The predicted octanol–water partition coefficient (Wildman–Crippen LogP) is 14.1. The van der Waals surface area contributed by atoms with E-state index in [-0.39, 0.29) is 152 Å². The van der Waals surface area contributed by atoms with Crippen LogP contribution < -0.4 is 46.5 Å². The molecule has 22 nitrogen and oxygen atoms in total. The second-order valence-electron chi connectivity index (χ2n) is 24.0. The van der Waals surface area contributed by atoms with Gasteiger partial charge in [0, 0.05) is 50.0 Å². The lowest BCUT2D eigenvalue weighted by Crippen LogP contribution is -2.27. The number of ether oxygens (including phenoxy) is 4. The molecule has 0 saturated carbocycles. The summed E-state index contributed by atoms with van der Waals surface area (Å²) >= 11 is 14.4. The number of rotatable bonds is 21. The molecule has 0 aliphatic carbocycles. The molecule has 2 amide bonds. The number of nitrogens with one attached hydrogen (secondary N) is 1. The Labute approximate surface area is 662 Å². The van der Waals surface area contributed by atoms with Gasteiger partial charge >= 0.3 is 0 Å². The number of hydrogen-bond acceptors (Lipinski definition) is 16. The predicted molar refractivity (Wildman–Crippen MR) is 409 cm³/mol. The van der Waals surface area contributed by atoms with E-state index in [2.05, 4.69) is 67.1 Å². The van der Waals surface area contributed by atoms with Crippen molar-refractivity contribution < 1.29 is 63.7 Å². The lowest BCUT2D eigenvalue weighted by Gasteiger charge is -2.15. The highest BCUT2D eigenvalue weighted by Crippen LogP contribution is 2.26. The fourth-order valence-corrected chi connectivity index (χ4v) is 11.7. The van der Waals surface area contributed by atoms with Crippen LogP contribution in [0.5, 0.6) is 23.5 Å². The number of aromatic nitrogens is 10. The van der Waals surface area contributed by atoms with Crippen LogP contribution in [-0.4, -0.2) is 86.0 Å². The Kier molecular flexibility index (Phi) is 29.3. The summed E-state index contributed by atoms with van der Waals surface area (Å²) in [4.78, 5) is 101. The van der Waals surface area contributed by atoms with E-state index in [0.717, 1.165) is 35.4 Å². The van der Waals surface area contributed by atoms with E-state index >= 15 is 0 Å².